The normalized spacial score (nSPS) is 9.91. The fourth-order valence-corrected chi connectivity index (χ4v) is 1.86. The Labute approximate surface area is 134 Å². The van der Waals surface area contributed by atoms with Crippen LogP contribution < -0.4 is 11.2 Å². The van der Waals surface area contributed by atoms with Crippen LogP contribution in [0.4, 0.5) is 0 Å². The van der Waals surface area contributed by atoms with Crippen molar-refractivity contribution in [2.24, 2.45) is 5.73 Å². The van der Waals surface area contributed by atoms with Crippen molar-refractivity contribution < 1.29 is 19.4 Å². The van der Waals surface area contributed by atoms with Gasteiger partial charge in [0, 0.05) is 18.7 Å². The second-order valence-corrected chi connectivity index (χ2v) is 4.49. The average molecular weight is 333 g/mol. The van der Waals surface area contributed by atoms with E-state index in [4.69, 9.17) is 10.5 Å². The number of ether oxygens (including phenoxy) is 1. The van der Waals surface area contributed by atoms with Gasteiger partial charge in [-0.05, 0) is 6.42 Å². The molecule has 1 aromatic rings. The van der Waals surface area contributed by atoms with Crippen LogP contribution in [0.25, 0.3) is 0 Å². The van der Waals surface area contributed by atoms with Gasteiger partial charge in [-0.25, -0.2) is 0 Å². The predicted octanol–water partition coefficient (Wildman–Crippen LogP) is 0.389. The lowest BCUT2D eigenvalue weighted by Crippen LogP contribution is -2.18. The first-order valence-corrected chi connectivity index (χ1v) is 6.78. The number of hydrogen-bond donors (Lipinski definition) is 2. The van der Waals surface area contributed by atoms with Crippen molar-refractivity contribution in [1.29, 1.82) is 0 Å². The van der Waals surface area contributed by atoms with E-state index >= 15 is 0 Å². The smallest absolute Gasteiger partial charge is 0.306 e. The van der Waals surface area contributed by atoms with Crippen molar-refractivity contribution in [3.63, 3.8) is 0 Å². The SMILES string of the molecule is CCc1c(O)c(=O)ccn1CCOC(=O)CCC(=O)CN.Cl. The minimum absolute atomic E-state index is 0. The molecule has 124 valence electrons. The van der Waals surface area contributed by atoms with Crippen LogP contribution in [0.15, 0.2) is 17.1 Å². The molecule has 3 N–H and O–H groups in total. The van der Waals surface area contributed by atoms with E-state index in [9.17, 15) is 19.5 Å². The maximum atomic E-state index is 11.4. The molecule has 0 bridgehead atoms. The third-order valence-electron chi connectivity index (χ3n) is 3.03. The standard InChI is InChI=1S/C14H20N2O5.ClH/c1-2-11-14(20)12(18)5-6-16(11)7-8-21-13(19)4-3-10(17)9-15;/h5-6,20H,2-4,7-9,15H2,1H3;1H. The molecule has 1 heterocycles. The number of nitrogens with two attached hydrogens (primary N) is 1. The second-order valence-electron chi connectivity index (χ2n) is 4.49. The van der Waals surface area contributed by atoms with Gasteiger partial charge in [-0.2, -0.15) is 0 Å². The maximum Gasteiger partial charge on any atom is 0.306 e. The number of rotatable bonds is 8. The molecule has 22 heavy (non-hydrogen) atoms. The number of Topliss-reactive ketones (excluding diaryl/α,β-unsaturated/α-hetero) is 1. The Bertz CT molecular complexity index is 571. The van der Waals surface area contributed by atoms with E-state index < -0.39 is 11.4 Å². The Hall–Kier alpha value is -1.86. The number of aromatic hydroxyl groups is 1. The van der Waals surface area contributed by atoms with Gasteiger partial charge in [-0.3, -0.25) is 14.4 Å². The largest absolute Gasteiger partial charge is 0.503 e. The van der Waals surface area contributed by atoms with Crippen molar-refractivity contribution in [3.05, 3.63) is 28.2 Å². The molecule has 0 aliphatic carbocycles. The molecule has 7 nitrogen and oxygen atoms in total. The van der Waals surface area contributed by atoms with Gasteiger partial charge in [0.05, 0.1) is 25.2 Å². The Morgan fingerprint density at radius 2 is 2.05 bits per heavy atom. The molecule has 0 aliphatic rings. The molecule has 1 aromatic heterocycles. The first-order valence-electron chi connectivity index (χ1n) is 6.78. The Balaban J connectivity index is 0.00000441. The van der Waals surface area contributed by atoms with Crippen LogP contribution in [-0.2, 0) is 27.3 Å². The molecule has 8 heteroatoms. The number of hydrogen-bond acceptors (Lipinski definition) is 6. The number of carbonyl (C=O) groups excluding carboxylic acids is 2. The van der Waals surface area contributed by atoms with Crippen molar-refractivity contribution in [3.8, 4) is 5.75 Å². The van der Waals surface area contributed by atoms with E-state index in [1.165, 1.54) is 6.07 Å². The van der Waals surface area contributed by atoms with Gasteiger partial charge in [0.2, 0.25) is 5.43 Å². The van der Waals surface area contributed by atoms with Crippen LogP contribution in [0.3, 0.4) is 0 Å². The molecule has 0 amide bonds. The van der Waals surface area contributed by atoms with E-state index in [2.05, 4.69) is 0 Å². The third-order valence-corrected chi connectivity index (χ3v) is 3.03. The molecule has 0 spiro atoms. The molecule has 0 saturated carbocycles. The fourth-order valence-electron chi connectivity index (χ4n) is 1.86. The first kappa shape index (κ1) is 20.1. The summed E-state index contributed by atoms with van der Waals surface area (Å²) in [5, 5.41) is 9.67. The summed E-state index contributed by atoms with van der Waals surface area (Å²) in [5.41, 5.74) is 5.21. The fraction of sp³-hybridized carbons (Fsp3) is 0.500. The molecule has 0 saturated heterocycles. The van der Waals surface area contributed by atoms with E-state index in [1.54, 1.807) is 10.8 Å². The zero-order valence-electron chi connectivity index (χ0n) is 12.4. The van der Waals surface area contributed by atoms with Crippen molar-refractivity contribution >= 4 is 24.2 Å². The van der Waals surface area contributed by atoms with Crippen molar-refractivity contribution in [1.82, 2.24) is 4.57 Å². The molecule has 0 aromatic carbocycles. The van der Waals surface area contributed by atoms with Gasteiger partial charge in [-0.1, -0.05) is 6.92 Å². The van der Waals surface area contributed by atoms with Gasteiger partial charge in [0.1, 0.15) is 12.4 Å². The molecule has 0 fully saturated rings. The summed E-state index contributed by atoms with van der Waals surface area (Å²) in [6, 6.07) is 1.26. The summed E-state index contributed by atoms with van der Waals surface area (Å²) in [6.07, 6.45) is 2.12. The minimum Gasteiger partial charge on any atom is -0.503 e. The Kier molecular flexibility index (Phi) is 9.12. The summed E-state index contributed by atoms with van der Waals surface area (Å²) in [7, 11) is 0. The number of ketones is 1. The summed E-state index contributed by atoms with van der Waals surface area (Å²) >= 11 is 0. The number of aromatic nitrogens is 1. The maximum absolute atomic E-state index is 11.4. The van der Waals surface area contributed by atoms with Crippen molar-refractivity contribution in [2.75, 3.05) is 13.2 Å². The van der Waals surface area contributed by atoms with Crippen LogP contribution in [-0.4, -0.2) is 34.6 Å². The molecular formula is C14H21ClN2O5. The summed E-state index contributed by atoms with van der Waals surface area (Å²) < 4.78 is 6.66. The average Bonchev–Trinajstić information content (AvgIpc) is 2.48. The van der Waals surface area contributed by atoms with E-state index in [-0.39, 0.29) is 49.9 Å². The van der Waals surface area contributed by atoms with Gasteiger partial charge in [0.25, 0.3) is 0 Å². The van der Waals surface area contributed by atoms with Crippen LogP contribution >= 0.6 is 12.4 Å². The summed E-state index contributed by atoms with van der Waals surface area (Å²) in [5.74, 6) is -0.939. The zero-order valence-corrected chi connectivity index (χ0v) is 13.2. The number of carbonyl (C=O) groups is 2. The number of esters is 1. The molecule has 0 atom stereocenters. The molecule has 0 unspecified atom stereocenters. The summed E-state index contributed by atoms with van der Waals surface area (Å²) in [4.78, 5) is 33.7. The first-order chi connectivity index (χ1) is 9.99. The monoisotopic (exact) mass is 332 g/mol. The van der Waals surface area contributed by atoms with Gasteiger partial charge in [-0.15, -0.1) is 12.4 Å². The lowest BCUT2D eigenvalue weighted by atomic mass is 10.2. The number of nitrogens with zero attached hydrogens (tertiary/aromatic N) is 1. The van der Waals surface area contributed by atoms with E-state index in [0.717, 1.165) is 0 Å². The molecule has 0 radical (unpaired) electrons. The quantitative estimate of drug-likeness (QED) is 0.666. The molecule has 1 rings (SSSR count). The highest BCUT2D eigenvalue weighted by Gasteiger charge is 2.10. The number of pyridine rings is 1. The van der Waals surface area contributed by atoms with Crippen LogP contribution in [0.1, 0.15) is 25.5 Å². The topological polar surface area (TPSA) is 112 Å². The van der Waals surface area contributed by atoms with Gasteiger partial charge in [0.15, 0.2) is 5.75 Å². The summed E-state index contributed by atoms with van der Waals surface area (Å²) in [6.45, 7) is 2.16. The zero-order chi connectivity index (χ0) is 15.8. The van der Waals surface area contributed by atoms with Gasteiger partial charge >= 0.3 is 5.97 Å². The third kappa shape index (κ3) is 5.87. The number of halogens is 1. The second kappa shape index (κ2) is 9.97. The lowest BCUT2D eigenvalue weighted by Gasteiger charge is -2.13. The van der Waals surface area contributed by atoms with E-state index in [0.29, 0.717) is 18.7 Å². The van der Waals surface area contributed by atoms with Crippen LogP contribution in [0.2, 0.25) is 0 Å². The highest BCUT2D eigenvalue weighted by atomic mass is 35.5. The minimum atomic E-state index is -0.472. The Morgan fingerprint density at radius 3 is 2.64 bits per heavy atom. The van der Waals surface area contributed by atoms with Crippen molar-refractivity contribution in [2.45, 2.75) is 32.7 Å². The van der Waals surface area contributed by atoms with Gasteiger partial charge < -0.3 is 20.1 Å². The molecule has 0 aliphatic heterocycles. The van der Waals surface area contributed by atoms with E-state index in [1.807, 2.05) is 6.92 Å². The van der Waals surface area contributed by atoms with Crippen LogP contribution in [0.5, 0.6) is 5.75 Å². The Morgan fingerprint density at radius 1 is 1.36 bits per heavy atom. The highest BCUT2D eigenvalue weighted by molar-refractivity contribution is 5.85. The predicted molar refractivity (Wildman–Crippen MR) is 83.2 cm³/mol. The lowest BCUT2D eigenvalue weighted by molar-refractivity contribution is -0.145. The van der Waals surface area contributed by atoms with Crippen LogP contribution in [0, 0.1) is 0 Å². The highest BCUT2D eigenvalue weighted by Crippen LogP contribution is 2.11. The molecular weight excluding hydrogens is 312 g/mol.